The average molecular weight is 541 g/mol. The van der Waals surface area contributed by atoms with E-state index in [1.807, 2.05) is 18.2 Å². The van der Waals surface area contributed by atoms with Crippen LogP contribution in [0, 0.1) is 0 Å². The van der Waals surface area contributed by atoms with Crippen molar-refractivity contribution in [3.63, 3.8) is 0 Å². The van der Waals surface area contributed by atoms with Crippen molar-refractivity contribution in [2.75, 3.05) is 64.0 Å². The predicted octanol–water partition coefficient (Wildman–Crippen LogP) is 4.85. The molecule has 9 heteroatoms. The zero-order valence-electron chi connectivity index (χ0n) is 24.0. The Morgan fingerprint density at radius 2 is 0.487 bits per heavy atom. The number of hydrogen-bond donors (Lipinski definition) is 0. The van der Waals surface area contributed by atoms with Crippen molar-refractivity contribution in [3.8, 4) is 51.7 Å². The van der Waals surface area contributed by atoms with Crippen LogP contribution >= 0.6 is 0 Å². The molecular formula is C30H36O9. The molecule has 0 fully saturated rings. The number of benzene rings is 3. The minimum Gasteiger partial charge on any atom is -0.496 e. The van der Waals surface area contributed by atoms with Gasteiger partial charge in [-0.2, -0.15) is 0 Å². The number of fused-ring (bicyclic) bond motifs is 6. The van der Waals surface area contributed by atoms with Crippen LogP contribution in [0.2, 0.25) is 0 Å². The summed E-state index contributed by atoms with van der Waals surface area (Å²) in [5.41, 5.74) is 4.89. The molecule has 0 radical (unpaired) electrons. The van der Waals surface area contributed by atoms with Gasteiger partial charge in [-0.3, -0.25) is 0 Å². The second-order valence-electron chi connectivity index (χ2n) is 8.84. The van der Waals surface area contributed by atoms with E-state index in [1.54, 1.807) is 64.0 Å². The summed E-state index contributed by atoms with van der Waals surface area (Å²) >= 11 is 0. The van der Waals surface area contributed by atoms with E-state index in [0.717, 1.165) is 33.4 Å². The molecule has 210 valence electrons. The number of ether oxygens (including phenoxy) is 9. The maximum atomic E-state index is 6.06. The van der Waals surface area contributed by atoms with E-state index in [1.165, 1.54) is 0 Å². The lowest BCUT2D eigenvalue weighted by molar-refractivity contribution is 0.351. The van der Waals surface area contributed by atoms with E-state index in [0.29, 0.717) is 71.0 Å². The highest BCUT2D eigenvalue weighted by Crippen LogP contribution is 2.51. The average Bonchev–Trinajstić information content (AvgIpc) is 2.97. The summed E-state index contributed by atoms with van der Waals surface area (Å²) in [6.45, 7) is 0. The van der Waals surface area contributed by atoms with E-state index in [-0.39, 0.29) is 0 Å². The SMILES string of the molecule is COc1cc(OC)c2c(OC)c1Cc1c(OC)cc(OC)c(c1OC)Cc1c(OC)cc(OC)c(c1OC)C2. The standard InChI is InChI=1S/C30H36O9/c1-31-22-13-23(32-2)18-11-19-26(35-5)15-27(36-6)21(30(19)39-9)12-20-25(34-4)14-24(33-3)17(29(20)38-8)10-16(22)28(18)37-7/h13-15H,10-12H2,1-9H3. The summed E-state index contributed by atoms with van der Waals surface area (Å²) in [6, 6.07) is 5.60. The van der Waals surface area contributed by atoms with Crippen molar-refractivity contribution >= 4 is 0 Å². The number of rotatable bonds is 9. The molecule has 0 N–H and O–H groups in total. The second kappa shape index (κ2) is 11.7. The fourth-order valence-electron chi connectivity index (χ4n) is 5.46. The Morgan fingerprint density at radius 3 is 0.615 bits per heavy atom. The molecule has 0 atom stereocenters. The third-order valence-electron chi connectivity index (χ3n) is 7.21. The highest BCUT2D eigenvalue weighted by Gasteiger charge is 2.31. The van der Waals surface area contributed by atoms with Crippen LogP contribution in [-0.2, 0) is 19.3 Å². The van der Waals surface area contributed by atoms with Crippen LogP contribution in [0.1, 0.15) is 33.4 Å². The summed E-state index contributed by atoms with van der Waals surface area (Å²) < 4.78 is 53.2. The third-order valence-corrected chi connectivity index (χ3v) is 7.21. The van der Waals surface area contributed by atoms with Gasteiger partial charge in [-0.25, -0.2) is 0 Å². The molecule has 3 aromatic carbocycles. The first-order chi connectivity index (χ1) is 18.9. The summed E-state index contributed by atoms with van der Waals surface area (Å²) in [4.78, 5) is 0. The normalized spacial score (nSPS) is 11.9. The van der Waals surface area contributed by atoms with Crippen LogP contribution in [0.3, 0.4) is 0 Å². The van der Waals surface area contributed by atoms with E-state index in [9.17, 15) is 0 Å². The third kappa shape index (κ3) is 4.66. The Balaban J connectivity index is 2.25. The first kappa shape index (κ1) is 27.9. The minimum atomic E-state index is 0.395. The molecule has 0 saturated carbocycles. The Hall–Kier alpha value is -4.14. The topological polar surface area (TPSA) is 83.1 Å². The molecule has 0 heterocycles. The Morgan fingerprint density at radius 1 is 0.308 bits per heavy atom. The fourth-order valence-corrected chi connectivity index (χ4v) is 5.46. The number of hydrogen-bond acceptors (Lipinski definition) is 9. The van der Waals surface area contributed by atoms with Crippen LogP contribution in [0.15, 0.2) is 18.2 Å². The van der Waals surface area contributed by atoms with E-state index < -0.39 is 0 Å². The second-order valence-corrected chi connectivity index (χ2v) is 8.84. The van der Waals surface area contributed by atoms with Gasteiger partial charge in [0.1, 0.15) is 51.7 Å². The molecule has 0 spiro atoms. The largest absolute Gasteiger partial charge is 0.496 e. The van der Waals surface area contributed by atoms with Crippen molar-refractivity contribution < 1.29 is 42.6 Å². The predicted molar refractivity (Wildman–Crippen MR) is 147 cm³/mol. The van der Waals surface area contributed by atoms with Crippen LogP contribution in [0.25, 0.3) is 0 Å². The quantitative estimate of drug-likeness (QED) is 0.296. The van der Waals surface area contributed by atoms with E-state index in [4.69, 9.17) is 42.6 Å². The summed E-state index contributed by atoms with van der Waals surface area (Å²) in [5, 5.41) is 0. The van der Waals surface area contributed by atoms with Gasteiger partial charge in [0, 0.05) is 70.8 Å². The summed E-state index contributed by atoms with van der Waals surface area (Å²) in [7, 11) is 14.6. The zero-order chi connectivity index (χ0) is 28.3. The lowest BCUT2D eigenvalue weighted by Gasteiger charge is -2.26. The summed E-state index contributed by atoms with van der Waals surface area (Å²) in [6.07, 6.45) is 1.18. The van der Waals surface area contributed by atoms with Gasteiger partial charge in [-0.1, -0.05) is 0 Å². The molecule has 0 amide bonds. The Kier molecular flexibility index (Phi) is 8.38. The highest BCUT2D eigenvalue weighted by atomic mass is 16.5. The van der Waals surface area contributed by atoms with Gasteiger partial charge in [-0.15, -0.1) is 0 Å². The highest BCUT2D eigenvalue weighted by molar-refractivity contribution is 5.68. The van der Waals surface area contributed by atoms with E-state index >= 15 is 0 Å². The molecule has 9 nitrogen and oxygen atoms in total. The van der Waals surface area contributed by atoms with E-state index in [2.05, 4.69) is 0 Å². The molecule has 0 aliphatic heterocycles. The zero-order valence-corrected chi connectivity index (χ0v) is 24.0. The van der Waals surface area contributed by atoms with Crippen LogP contribution < -0.4 is 42.6 Å². The minimum absolute atomic E-state index is 0.395. The monoisotopic (exact) mass is 540 g/mol. The lowest BCUT2D eigenvalue weighted by atomic mass is 9.89. The first-order valence-electron chi connectivity index (χ1n) is 12.4. The summed E-state index contributed by atoms with van der Waals surface area (Å²) in [5.74, 6) is 5.53. The molecular weight excluding hydrogens is 504 g/mol. The molecule has 0 unspecified atom stereocenters. The van der Waals surface area contributed by atoms with Crippen LogP contribution in [-0.4, -0.2) is 64.0 Å². The fraction of sp³-hybridized carbons (Fsp3) is 0.400. The molecule has 0 saturated heterocycles. The van der Waals surface area contributed by atoms with Gasteiger partial charge < -0.3 is 42.6 Å². The van der Waals surface area contributed by atoms with Gasteiger partial charge >= 0.3 is 0 Å². The van der Waals surface area contributed by atoms with Crippen LogP contribution in [0.5, 0.6) is 51.7 Å². The van der Waals surface area contributed by atoms with Gasteiger partial charge in [0.25, 0.3) is 0 Å². The van der Waals surface area contributed by atoms with Gasteiger partial charge in [-0.05, 0) is 0 Å². The number of methoxy groups -OCH3 is 9. The van der Waals surface area contributed by atoms with Crippen LogP contribution in [0.4, 0.5) is 0 Å². The van der Waals surface area contributed by atoms with Gasteiger partial charge in [0.15, 0.2) is 0 Å². The Labute approximate surface area is 229 Å². The van der Waals surface area contributed by atoms with Crippen molar-refractivity contribution in [3.05, 3.63) is 51.6 Å². The van der Waals surface area contributed by atoms with Crippen molar-refractivity contribution in [1.82, 2.24) is 0 Å². The van der Waals surface area contributed by atoms with Gasteiger partial charge in [0.2, 0.25) is 0 Å². The molecule has 1 aliphatic carbocycles. The Bertz CT molecular complexity index is 1110. The molecule has 39 heavy (non-hydrogen) atoms. The van der Waals surface area contributed by atoms with Crippen molar-refractivity contribution in [1.29, 1.82) is 0 Å². The maximum Gasteiger partial charge on any atom is 0.133 e. The van der Waals surface area contributed by atoms with Crippen molar-refractivity contribution in [2.45, 2.75) is 19.3 Å². The molecule has 1 aliphatic rings. The molecule has 6 bridgehead atoms. The molecule has 0 aromatic heterocycles. The molecule has 4 rings (SSSR count). The smallest absolute Gasteiger partial charge is 0.133 e. The molecule has 3 aromatic rings. The van der Waals surface area contributed by atoms with Crippen molar-refractivity contribution in [2.24, 2.45) is 0 Å². The van der Waals surface area contributed by atoms with Gasteiger partial charge in [0.05, 0.1) is 64.0 Å². The maximum absolute atomic E-state index is 6.06. The first-order valence-corrected chi connectivity index (χ1v) is 12.4. The lowest BCUT2D eigenvalue weighted by Crippen LogP contribution is -2.11.